The fourth-order valence-corrected chi connectivity index (χ4v) is 2.62. The van der Waals surface area contributed by atoms with E-state index in [4.69, 9.17) is 10.5 Å². The minimum Gasteiger partial charge on any atom is -0.443 e. The zero-order chi connectivity index (χ0) is 15.1. The molecule has 1 aromatic carbocycles. The van der Waals surface area contributed by atoms with Crippen LogP contribution in [0.1, 0.15) is 31.3 Å². The number of fused-ring (bicyclic) bond motifs is 1. The van der Waals surface area contributed by atoms with Gasteiger partial charge in [0.15, 0.2) is 0 Å². The molecule has 0 aliphatic rings. The lowest BCUT2D eigenvalue weighted by atomic mass is 10.2. The normalized spacial score (nSPS) is 11.6. The van der Waals surface area contributed by atoms with Crippen LogP contribution in [0.15, 0.2) is 28.7 Å². The van der Waals surface area contributed by atoms with E-state index >= 15 is 0 Å². The van der Waals surface area contributed by atoms with Crippen molar-refractivity contribution in [2.75, 3.05) is 0 Å². The molecule has 1 aromatic heterocycles. The minimum atomic E-state index is -0.695. The smallest absolute Gasteiger partial charge is 0.419 e. The van der Waals surface area contributed by atoms with E-state index in [2.05, 4.69) is 15.9 Å². The van der Waals surface area contributed by atoms with Crippen LogP contribution in [0, 0.1) is 0 Å². The predicted molar refractivity (Wildman–Crippen MR) is 79.8 cm³/mol. The van der Waals surface area contributed by atoms with Crippen molar-refractivity contribution in [1.29, 1.82) is 0 Å². The Morgan fingerprint density at radius 1 is 1.25 bits per heavy atom. The molecule has 106 valence electrons. The first-order valence-electron chi connectivity index (χ1n) is 6.04. The highest BCUT2D eigenvalue weighted by Crippen LogP contribution is 2.31. The topological polar surface area (TPSA) is 74.3 Å². The Morgan fingerprint density at radius 2 is 1.85 bits per heavy atom. The van der Waals surface area contributed by atoms with E-state index in [9.17, 15) is 9.59 Å². The molecular weight excluding hydrogens is 324 g/mol. The molecule has 20 heavy (non-hydrogen) atoms. The molecule has 0 spiro atoms. The Kier molecular flexibility index (Phi) is 3.60. The first-order chi connectivity index (χ1) is 9.22. The Bertz CT molecular complexity index is 698. The van der Waals surface area contributed by atoms with Gasteiger partial charge in [0.05, 0.1) is 9.99 Å². The van der Waals surface area contributed by atoms with E-state index in [1.807, 2.05) is 6.07 Å². The largest absolute Gasteiger partial charge is 0.443 e. The van der Waals surface area contributed by atoms with Crippen LogP contribution < -0.4 is 5.73 Å². The third-order valence-corrected chi connectivity index (χ3v) is 3.43. The van der Waals surface area contributed by atoms with Crippen LogP contribution in [-0.2, 0) is 4.74 Å². The molecular formula is C14H15BrN2O3. The van der Waals surface area contributed by atoms with Gasteiger partial charge in [-0.1, -0.05) is 18.2 Å². The SMILES string of the molecule is CC(C)(C)OC(=O)n1c(C(N)=O)c(Br)c2ccccc21. The second kappa shape index (κ2) is 4.94. The standard InChI is InChI=1S/C14H15BrN2O3/c1-14(2,3)20-13(19)17-9-7-5-4-6-8(9)10(15)11(17)12(16)18/h4-7H,1-3H3,(H2,16,18). The number of carbonyl (C=O) groups is 2. The highest BCUT2D eigenvalue weighted by molar-refractivity contribution is 9.10. The second-order valence-electron chi connectivity index (χ2n) is 5.36. The van der Waals surface area contributed by atoms with E-state index in [-0.39, 0.29) is 5.69 Å². The van der Waals surface area contributed by atoms with Crippen LogP contribution >= 0.6 is 15.9 Å². The summed E-state index contributed by atoms with van der Waals surface area (Å²) in [7, 11) is 0. The maximum absolute atomic E-state index is 12.3. The van der Waals surface area contributed by atoms with Crippen molar-refractivity contribution in [2.45, 2.75) is 26.4 Å². The molecule has 0 aliphatic heterocycles. The van der Waals surface area contributed by atoms with E-state index in [0.717, 1.165) is 5.39 Å². The van der Waals surface area contributed by atoms with Crippen molar-refractivity contribution in [2.24, 2.45) is 5.73 Å². The molecule has 2 N–H and O–H groups in total. The van der Waals surface area contributed by atoms with Crippen LogP contribution in [-0.4, -0.2) is 22.2 Å². The average molecular weight is 339 g/mol. The Balaban J connectivity index is 2.70. The van der Waals surface area contributed by atoms with Gasteiger partial charge in [-0.25, -0.2) is 9.36 Å². The number of hydrogen-bond donors (Lipinski definition) is 1. The Hall–Kier alpha value is -1.82. The highest BCUT2D eigenvalue weighted by Gasteiger charge is 2.26. The zero-order valence-corrected chi connectivity index (χ0v) is 13.0. The third-order valence-electron chi connectivity index (χ3n) is 2.62. The first-order valence-corrected chi connectivity index (χ1v) is 6.84. The molecule has 1 amide bonds. The van der Waals surface area contributed by atoms with Crippen molar-refractivity contribution in [3.63, 3.8) is 0 Å². The molecule has 0 unspecified atom stereocenters. The van der Waals surface area contributed by atoms with Crippen LogP contribution in [0.25, 0.3) is 10.9 Å². The van der Waals surface area contributed by atoms with Gasteiger partial charge in [0.25, 0.3) is 5.91 Å². The summed E-state index contributed by atoms with van der Waals surface area (Å²) in [4.78, 5) is 24.0. The number of primary amides is 1. The number of para-hydroxylation sites is 1. The number of benzene rings is 1. The van der Waals surface area contributed by atoms with Gasteiger partial charge in [0.2, 0.25) is 0 Å². The van der Waals surface area contributed by atoms with E-state index in [1.165, 1.54) is 4.57 Å². The number of hydrogen-bond acceptors (Lipinski definition) is 3. The lowest BCUT2D eigenvalue weighted by Gasteiger charge is -2.20. The molecule has 0 fully saturated rings. The van der Waals surface area contributed by atoms with E-state index in [1.54, 1.807) is 39.0 Å². The van der Waals surface area contributed by atoms with Gasteiger partial charge in [-0.05, 0) is 42.8 Å². The van der Waals surface area contributed by atoms with Crippen molar-refractivity contribution in [3.8, 4) is 0 Å². The zero-order valence-electron chi connectivity index (χ0n) is 11.4. The van der Waals surface area contributed by atoms with Gasteiger partial charge in [0, 0.05) is 5.39 Å². The number of amides is 1. The fourth-order valence-electron chi connectivity index (χ4n) is 1.92. The number of nitrogens with zero attached hydrogens (tertiary/aromatic N) is 1. The van der Waals surface area contributed by atoms with Gasteiger partial charge < -0.3 is 10.5 Å². The molecule has 0 saturated carbocycles. The lowest BCUT2D eigenvalue weighted by molar-refractivity contribution is 0.0535. The van der Waals surface area contributed by atoms with Gasteiger partial charge in [-0.2, -0.15) is 0 Å². The second-order valence-corrected chi connectivity index (χ2v) is 6.15. The molecule has 0 aliphatic carbocycles. The number of rotatable bonds is 1. The van der Waals surface area contributed by atoms with Crippen molar-refractivity contribution in [3.05, 3.63) is 34.4 Å². The predicted octanol–water partition coefficient (Wildman–Crippen LogP) is 3.29. The molecule has 6 heteroatoms. The summed E-state index contributed by atoms with van der Waals surface area (Å²) in [5.74, 6) is -0.695. The molecule has 0 atom stereocenters. The van der Waals surface area contributed by atoms with Crippen LogP contribution in [0.3, 0.4) is 0 Å². The van der Waals surface area contributed by atoms with Crippen molar-refractivity contribution >= 4 is 38.8 Å². The monoisotopic (exact) mass is 338 g/mol. The minimum absolute atomic E-state index is 0.0837. The summed E-state index contributed by atoms with van der Waals surface area (Å²) in [5.41, 5.74) is 5.38. The number of ether oxygens (including phenoxy) is 1. The molecule has 0 radical (unpaired) electrons. The van der Waals surface area contributed by atoms with Crippen molar-refractivity contribution < 1.29 is 14.3 Å². The molecule has 5 nitrogen and oxygen atoms in total. The number of aromatic nitrogens is 1. The summed E-state index contributed by atoms with van der Waals surface area (Å²) in [5, 5.41) is 0.729. The summed E-state index contributed by atoms with van der Waals surface area (Å²) in [6, 6.07) is 7.13. The summed E-state index contributed by atoms with van der Waals surface area (Å²) in [6.07, 6.45) is -0.631. The average Bonchev–Trinajstić information content (AvgIpc) is 2.61. The number of halogens is 1. The van der Waals surface area contributed by atoms with Crippen LogP contribution in [0.5, 0.6) is 0 Å². The van der Waals surface area contributed by atoms with Crippen LogP contribution in [0.4, 0.5) is 4.79 Å². The molecule has 2 rings (SSSR count). The fraction of sp³-hybridized carbons (Fsp3) is 0.286. The van der Waals surface area contributed by atoms with Gasteiger partial charge in [0.1, 0.15) is 11.3 Å². The van der Waals surface area contributed by atoms with Gasteiger partial charge >= 0.3 is 6.09 Å². The van der Waals surface area contributed by atoms with Crippen LogP contribution in [0.2, 0.25) is 0 Å². The Morgan fingerprint density at radius 3 is 2.40 bits per heavy atom. The summed E-state index contributed by atoms with van der Waals surface area (Å²) >= 11 is 3.32. The van der Waals surface area contributed by atoms with Gasteiger partial charge in [-0.15, -0.1) is 0 Å². The number of nitrogens with two attached hydrogens (primary N) is 1. The maximum atomic E-state index is 12.3. The molecule has 0 bridgehead atoms. The molecule has 0 saturated heterocycles. The lowest BCUT2D eigenvalue weighted by Crippen LogP contribution is -2.30. The van der Waals surface area contributed by atoms with Gasteiger partial charge in [-0.3, -0.25) is 4.79 Å². The first kappa shape index (κ1) is 14.6. The molecule has 1 heterocycles. The quantitative estimate of drug-likeness (QED) is 0.866. The van der Waals surface area contributed by atoms with E-state index in [0.29, 0.717) is 9.99 Å². The number of carbonyl (C=O) groups excluding carboxylic acids is 2. The maximum Gasteiger partial charge on any atom is 0.419 e. The Labute approximate surface area is 124 Å². The third kappa shape index (κ3) is 2.56. The molecule has 2 aromatic rings. The van der Waals surface area contributed by atoms with E-state index < -0.39 is 17.6 Å². The highest BCUT2D eigenvalue weighted by atomic mass is 79.9. The van der Waals surface area contributed by atoms with Crippen molar-refractivity contribution in [1.82, 2.24) is 4.57 Å². The summed E-state index contributed by atoms with van der Waals surface area (Å²) < 4.78 is 7.02. The summed E-state index contributed by atoms with van der Waals surface area (Å²) in [6.45, 7) is 5.28.